The number of hydrogen-bond donors (Lipinski definition) is 1. The lowest BCUT2D eigenvalue weighted by atomic mass is 10.2. The van der Waals surface area contributed by atoms with Crippen molar-refractivity contribution in [3.05, 3.63) is 45.5 Å². The molecule has 0 radical (unpaired) electrons. The second kappa shape index (κ2) is 5.96. The number of fused-ring (bicyclic) bond motifs is 1. The summed E-state index contributed by atoms with van der Waals surface area (Å²) < 4.78 is 39.4. The average molecular weight is 431 g/mol. The fourth-order valence-corrected chi connectivity index (χ4v) is 3.64. The molecule has 0 aliphatic carbocycles. The monoisotopic (exact) mass is 431 g/mol. The van der Waals surface area contributed by atoms with Gasteiger partial charge in [0.15, 0.2) is 11.5 Å². The van der Waals surface area contributed by atoms with Crippen molar-refractivity contribution in [2.75, 3.05) is 17.9 Å². The van der Waals surface area contributed by atoms with E-state index in [1.54, 1.807) is 18.2 Å². The van der Waals surface area contributed by atoms with Gasteiger partial charge in [-0.05, 0) is 59.3 Å². The molecule has 22 heavy (non-hydrogen) atoms. The minimum Gasteiger partial charge on any atom is -0.486 e. The van der Waals surface area contributed by atoms with Crippen LogP contribution in [0.5, 0.6) is 11.5 Å². The van der Waals surface area contributed by atoms with E-state index in [1.165, 1.54) is 12.1 Å². The van der Waals surface area contributed by atoms with E-state index >= 15 is 0 Å². The molecule has 0 bridgehead atoms. The van der Waals surface area contributed by atoms with Gasteiger partial charge < -0.3 is 9.47 Å². The third-order valence-corrected chi connectivity index (χ3v) is 5.79. The van der Waals surface area contributed by atoms with E-state index in [-0.39, 0.29) is 4.90 Å². The Morgan fingerprint density at radius 1 is 1.05 bits per heavy atom. The number of nitrogens with one attached hydrogen (secondary N) is 1. The van der Waals surface area contributed by atoms with Crippen LogP contribution in [0.4, 0.5) is 5.69 Å². The number of rotatable bonds is 3. The SMILES string of the molecule is Cc1ccc(NS(=O)(=O)c2ccc3c(c2)OCCO3)cc1I. The van der Waals surface area contributed by atoms with Gasteiger partial charge in [-0.2, -0.15) is 0 Å². The minimum absolute atomic E-state index is 0.146. The standard InChI is InChI=1S/C15H14INO4S/c1-10-2-3-11(8-13(10)16)17-22(18,19)12-4-5-14-15(9-12)21-7-6-20-14/h2-5,8-9,17H,6-7H2,1H3. The van der Waals surface area contributed by atoms with Gasteiger partial charge >= 0.3 is 0 Å². The van der Waals surface area contributed by atoms with E-state index < -0.39 is 10.0 Å². The lowest BCUT2D eigenvalue weighted by Gasteiger charge is -2.19. The summed E-state index contributed by atoms with van der Waals surface area (Å²) in [5.41, 5.74) is 1.63. The predicted octanol–water partition coefficient (Wildman–Crippen LogP) is 3.17. The zero-order chi connectivity index (χ0) is 15.7. The van der Waals surface area contributed by atoms with Crippen molar-refractivity contribution >= 4 is 38.3 Å². The molecule has 116 valence electrons. The number of sulfonamides is 1. The molecule has 0 amide bonds. The average Bonchev–Trinajstić information content (AvgIpc) is 2.50. The molecule has 0 aromatic heterocycles. The molecule has 0 atom stereocenters. The third-order valence-electron chi connectivity index (χ3n) is 3.25. The molecular weight excluding hydrogens is 417 g/mol. The summed E-state index contributed by atoms with van der Waals surface area (Å²) in [5, 5.41) is 0. The highest BCUT2D eigenvalue weighted by Gasteiger charge is 2.19. The zero-order valence-corrected chi connectivity index (χ0v) is 14.8. The molecule has 0 spiro atoms. The van der Waals surface area contributed by atoms with Gasteiger partial charge in [0, 0.05) is 15.3 Å². The molecule has 2 aromatic carbocycles. The van der Waals surface area contributed by atoms with Gasteiger partial charge in [0.05, 0.1) is 4.90 Å². The van der Waals surface area contributed by atoms with Crippen LogP contribution in [-0.2, 0) is 10.0 Å². The zero-order valence-electron chi connectivity index (χ0n) is 11.8. The third kappa shape index (κ3) is 3.14. The first-order chi connectivity index (χ1) is 10.5. The van der Waals surface area contributed by atoms with Gasteiger partial charge in [0.1, 0.15) is 13.2 Å². The van der Waals surface area contributed by atoms with E-state index in [0.717, 1.165) is 9.13 Å². The summed E-state index contributed by atoms with van der Waals surface area (Å²) in [6.07, 6.45) is 0. The van der Waals surface area contributed by atoms with E-state index in [1.807, 2.05) is 13.0 Å². The quantitative estimate of drug-likeness (QED) is 0.759. The van der Waals surface area contributed by atoms with Gasteiger partial charge in [-0.25, -0.2) is 8.42 Å². The first-order valence-electron chi connectivity index (χ1n) is 6.64. The second-order valence-corrected chi connectivity index (χ2v) is 7.72. The summed E-state index contributed by atoms with van der Waals surface area (Å²) in [5.74, 6) is 1.02. The molecule has 0 saturated heterocycles. The largest absolute Gasteiger partial charge is 0.486 e. The smallest absolute Gasteiger partial charge is 0.262 e. The number of hydrogen-bond acceptors (Lipinski definition) is 4. The van der Waals surface area contributed by atoms with E-state index in [0.29, 0.717) is 30.4 Å². The van der Waals surface area contributed by atoms with Gasteiger partial charge in [-0.1, -0.05) is 6.07 Å². The van der Waals surface area contributed by atoms with Crippen LogP contribution in [0.2, 0.25) is 0 Å². The predicted molar refractivity (Wildman–Crippen MR) is 92.1 cm³/mol. The van der Waals surface area contributed by atoms with Crippen molar-refractivity contribution in [2.45, 2.75) is 11.8 Å². The molecule has 7 heteroatoms. The maximum atomic E-state index is 12.5. The second-order valence-electron chi connectivity index (χ2n) is 4.87. The topological polar surface area (TPSA) is 64.6 Å². The molecule has 3 rings (SSSR count). The summed E-state index contributed by atoms with van der Waals surface area (Å²) in [4.78, 5) is 0.146. The number of anilines is 1. The van der Waals surface area contributed by atoms with Crippen LogP contribution in [0, 0.1) is 10.5 Å². The van der Waals surface area contributed by atoms with Crippen molar-refractivity contribution in [3.8, 4) is 11.5 Å². The first-order valence-corrected chi connectivity index (χ1v) is 9.20. The molecule has 1 aliphatic rings. The Morgan fingerprint density at radius 2 is 1.77 bits per heavy atom. The van der Waals surface area contributed by atoms with Gasteiger partial charge in [-0.3, -0.25) is 4.72 Å². The van der Waals surface area contributed by atoms with Gasteiger partial charge in [0.25, 0.3) is 10.0 Å². The van der Waals surface area contributed by atoms with Crippen molar-refractivity contribution in [3.63, 3.8) is 0 Å². The number of benzene rings is 2. The van der Waals surface area contributed by atoms with Crippen LogP contribution in [0.25, 0.3) is 0 Å². The van der Waals surface area contributed by atoms with Crippen LogP contribution >= 0.6 is 22.6 Å². The Kier molecular flexibility index (Phi) is 4.18. The van der Waals surface area contributed by atoms with Crippen LogP contribution < -0.4 is 14.2 Å². The Morgan fingerprint density at radius 3 is 2.50 bits per heavy atom. The van der Waals surface area contributed by atoms with Crippen LogP contribution in [0.3, 0.4) is 0 Å². The van der Waals surface area contributed by atoms with Gasteiger partial charge in [-0.15, -0.1) is 0 Å². The lowest BCUT2D eigenvalue weighted by molar-refractivity contribution is 0.171. The molecular formula is C15H14INO4S. The first kappa shape index (κ1) is 15.4. The Bertz CT molecular complexity index is 820. The fraction of sp³-hybridized carbons (Fsp3) is 0.200. The van der Waals surface area contributed by atoms with E-state index in [4.69, 9.17) is 9.47 Å². The number of aryl methyl sites for hydroxylation is 1. The maximum Gasteiger partial charge on any atom is 0.262 e. The normalized spacial score (nSPS) is 13.7. The molecule has 1 heterocycles. The maximum absolute atomic E-state index is 12.5. The Labute approximate surface area is 142 Å². The minimum atomic E-state index is -3.67. The Balaban J connectivity index is 1.90. The molecule has 0 unspecified atom stereocenters. The molecule has 0 fully saturated rings. The molecule has 1 N–H and O–H groups in total. The lowest BCUT2D eigenvalue weighted by Crippen LogP contribution is -2.17. The summed E-state index contributed by atoms with van der Waals surface area (Å²) in [6, 6.07) is 10.0. The van der Waals surface area contributed by atoms with Crippen molar-refractivity contribution in [2.24, 2.45) is 0 Å². The van der Waals surface area contributed by atoms with Crippen molar-refractivity contribution in [1.82, 2.24) is 0 Å². The summed E-state index contributed by atoms with van der Waals surface area (Å²) in [7, 11) is -3.67. The fourth-order valence-electron chi connectivity index (χ4n) is 2.06. The highest BCUT2D eigenvalue weighted by atomic mass is 127. The highest BCUT2D eigenvalue weighted by molar-refractivity contribution is 14.1. The molecule has 0 saturated carbocycles. The van der Waals surface area contributed by atoms with Crippen LogP contribution in [0.1, 0.15) is 5.56 Å². The van der Waals surface area contributed by atoms with Crippen molar-refractivity contribution < 1.29 is 17.9 Å². The number of halogens is 1. The van der Waals surface area contributed by atoms with Crippen molar-refractivity contribution in [1.29, 1.82) is 0 Å². The Hall–Kier alpha value is -1.48. The van der Waals surface area contributed by atoms with E-state index in [9.17, 15) is 8.42 Å². The molecule has 2 aromatic rings. The number of ether oxygens (including phenoxy) is 2. The summed E-state index contributed by atoms with van der Waals surface area (Å²) in [6.45, 7) is 2.86. The van der Waals surface area contributed by atoms with Crippen LogP contribution in [0.15, 0.2) is 41.3 Å². The van der Waals surface area contributed by atoms with Gasteiger partial charge in [0.2, 0.25) is 0 Å². The van der Waals surface area contributed by atoms with Crippen LogP contribution in [-0.4, -0.2) is 21.6 Å². The van der Waals surface area contributed by atoms with E-state index in [2.05, 4.69) is 27.3 Å². The highest BCUT2D eigenvalue weighted by Crippen LogP contribution is 2.32. The molecule has 5 nitrogen and oxygen atoms in total. The molecule has 1 aliphatic heterocycles. The summed E-state index contributed by atoms with van der Waals surface area (Å²) >= 11 is 2.17.